The minimum Gasteiger partial charge on any atom is -0.297 e. The van der Waals surface area contributed by atoms with Crippen molar-refractivity contribution in [1.82, 2.24) is 9.01 Å². The molecular weight excluding hydrogens is 277 g/mol. The fourth-order valence-electron chi connectivity index (χ4n) is 1.98. The summed E-state index contributed by atoms with van der Waals surface area (Å²) in [6.07, 6.45) is 3.98. The van der Waals surface area contributed by atoms with Crippen LogP contribution in [0.25, 0.3) is 0 Å². The molecule has 102 valence electrons. The van der Waals surface area contributed by atoms with Crippen LogP contribution in [0.1, 0.15) is 13.8 Å². The van der Waals surface area contributed by atoms with E-state index in [2.05, 4.69) is 18.5 Å². The highest BCUT2D eigenvalue weighted by Crippen LogP contribution is 2.60. The van der Waals surface area contributed by atoms with Gasteiger partial charge in [0.1, 0.15) is 0 Å². The van der Waals surface area contributed by atoms with Crippen LogP contribution in [0.2, 0.25) is 0 Å². The molecule has 0 amide bonds. The van der Waals surface area contributed by atoms with E-state index >= 15 is 0 Å². The molecule has 1 atom stereocenters. The second kappa shape index (κ2) is 6.42. The van der Waals surface area contributed by atoms with E-state index in [9.17, 15) is 0 Å². The predicted octanol–water partition coefficient (Wildman–Crippen LogP) is 5.19. The summed E-state index contributed by atoms with van der Waals surface area (Å²) in [5, 5.41) is 0. The minimum absolute atomic E-state index is 0.877. The fraction of sp³-hybridized carbons (Fsp3) is 0.286. The van der Waals surface area contributed by atoms with Crippen molar-refractivity contribution in [2.75, 3.05) is 13.1 Å². The summed E-state index contributed by atoms with van der Waals surface area (Å²) in [7, 11) is 0. The van der Waals surface area contributed by atoms with Gasteiger partial charge in [-0.05, 0) is 35.5 Å². The van der Waals surface area contributed by atoms with Gasteiger partial charge in [0.15, 0.2) is 0 Å². The number of aromatic nitrogens is 1. The Labute approximate surface area is 119 Å². The maximum Gasteiger partial charge on any atom is 0.220 e. The first kappa shape index (κ1) is 14.4. The summed E-state index contributed by atoms with van der Waals surface area (Å²) in [6.45, 7) is 3.73. The van der Waals surface area contributed by atoms with Gasteiger partial charge in [-0.25, -0.2) is 9.42 Å². The smallest absolute Gasteiger partial charge is 0.220 e. The standard InChI is InChI=1S/C14H19ClN3P/c1-3-17(4-2)19(15,18-12-8-9-13-18)16-14-10-6-5-7-11-14/h5-13H,3-4H2,1-2H3. The van der Waals surface area contributed by atoms with Crippen LogP contribution in [-0.2, 0) is 0 Å². The highest BCUT2D eigenvalue weighted by Gasteiger charge is 2.24. The molecule has 0 aliphatic rings. The Morgan fingerprint density at radius 3 is 2.16 bits per heavy atom. The van der Waals surface area contributed by atoms with Gasteiger partial charge in [-0.1, -0.05) is 32.0 Å². The van der Waals surface area contributed by atoms with Crippen molar-refractivity contribution >= 4 is 23.6 Å². The van der Waals surface area contributed by atoms with Crippen molar-refractivity contribution in [2.24, 2.45) is 4.74 Å². The first-order valence-electron chi connectivity index (χ1n) is 6.47. The quantitative estimate of drug-likeness (QED) is 0.695. The van der Waals surface area contributed by atoms with Crippen molar-refractivity contribution in [3.05, 3.63) is 54.9 Å². The van der Waals surface area contributed by atoms with E-state index in [4.69, 9.17) is 16.0 Å². The zero-order chi connectivity index (χ0) is 13.7. The van der Waals surface area contributed by atoms with E-state index in [-0.39, 0.29) is 0 Å². The Balaban J connectivity index is 2.55. The van der Waals surface area contributed by atoms with E-state index in [0.717, 1.165) is 18.8 Å². The highest BCUT2D eigenvalue weighted by atomic mass is 35.7. The predicted molar refractivity (Wildman–Crippen MR) is 84.1 cm³/mol. The molecule has 0 saturated carbocycles. The topological polar surface area (TPSA) is 20.5 Å². The third-order valence-corrected chi connectivity index (χ3v) is 6.99. The van der Waals surface area contributed by atoms with E-state index in [1.165, 1.54) is 0 Å². The molecule has 0 saturated heterocycles. The molecular formula is C14H19ClN3P. The van der Waals surface area contributed by atoms with Gasteiger partial charge in [0.25, 0.3) is 0 Å². The Kier molecular flexibility index (Phi) is 4.87. The molecule has 0 fully saturated rings. The van der Waals surface area contributed by atoms with E-state index in [0.29, 0.717) is 0 Å². The van der Waals surface area contributed by atoms with Crippen LogP contribution in [0.15, 0.2) is 59.6 Å². The molecule has 1 aromatic heterocycles. The number of hydrogen-bond acceptors (Lipinski definition) is 1. The summed E-state index contributed by atoms with van der Waals surface area (Å²) in [6, 6.07) is 13.9. The summed E-state index contributed by atoms with van der Waals surface area (Å²) >= 11 is 6.94. The fourth-order valence-corrected chi connectivity index (χ4v) is 5.35. The molecule has 0 aliphatic heterocycles. The highest BCUT2D eigenvalue weighted by molar-refractivity contribution is 7.88. The third-order valence-electron chi connectivity index (χ3n) is 2.97. The lowest BCUT2D eigenvalue weighted by Gasteiger charge is -2.30. The van der Waals surface area contributed by atoms with Crippen LogP contribution >= 0.6 is 17.9 Å². The average Bonchev–Trinajstić information content (AvgIpc) is 2.95. The summed E-state index contributed by atoms with van der Waals surface area (Å²) < 4.78 is 9.10. The molecule has 3 nitrogen and oxygen atoms in total. The first-order chi connectivity index (χ1) is 9.20. The van der Waals surface area contributed by atoms with E-state index < -0.39 is 6.71 Å². The number of benzene rings is 1. The van der Waals surface area contributed by atoms with Gasteiger partial charge < -0.3 is 0 Å². The number of rotatable bonds is 5. The lowest BCUT2D eigenvalue weighted by molar-refractivity contribution is 0.502. The molecule has 19 heavy (non-hydrogen) atoms. The Hall–Kier alpha value is -1.02. The average molecular weight is 296 g/mol. The van der Waals surface area contributed by atoms with Crippen LogP contribution < -0.4 is 0 Å². The van der Waals surface area contributed by atoms with Gasteiger partial charge in [-0.3, -0.25) is 4.34 Å². The second-order valence-corrected chi connectivity index (χ2v) is 7.71. The molecule has 0 bridgehead atoms. The van der Waals surface area contributed by atoms with E-state index in [1.54, 1.807) is 0 Å². The van der Waals surface area contributed by atoms with Crippen LogP contribution in [0.5, 0.6) is 0 Å². The lowest BCUT2D eigenvalue weighted by Crippen LogP contribution is -2.20. The SMILES string of the molecule is CCN(CC)P(Cl)(=Nc1ccccc1)n1cccc1. The van der Waals surface area contributed by atoms with Crippen LogP contribution in [0, 0.1) is 0 Å². The zero-order valence-corrected chi connectivity index (χ0v) is 12.9. The zero-order valence-electron chi connectivity index (χ0n) is 11.3. The lowest BCUT2D eigenvalue weighted by atomic mass is 10.3. The number of hydrogen-bond donors (Lipinski definition) is 0. The summed E-state index contributed by atoms with van der Waals surface area (Å²) in [4.78, 5) is 0. The number of nitrogens with zero attached hydrogens (tertiary/aromatic N) is 3. The number of halogens is 1. The maximum absolute atomic E-state index is 6.94. The molecule has 5 heteroatoms. The normalized spacial score (nSPS) is 14.3. The van der Waals surface area contributed by atoms with Crippen LogP contribution in [0.3, 0.4) is 0 Å². The molecule has 1 unspecified atom stereocenters. The third kappa shape index (κ3) is 3.11. The maximum atomic E-state index is 6.94. The van der Waals surface area contributed by atoms with Gasteiger partial charge in [-0.2, -0.15) is 0 Å². The molecule has 2 aromatic rings. The molecule has 0 N–H and O–H groups in total. The van der Waals surface area contributed by atoms with Gasteiger partial charge in [0.2, 0.25) is 6.71 Å². The van der Waals surface area contributed by atoms with Crippen molar-refractivity contribution in [3.8, 4) is 0 Å². The van der Waals surface area contributed by atoms with Crippen LogP contribution in [0.4, 0.5) is 5.69 Å². The first-order valence-corrected chi connectivity index (χ1v) is 9.02. The van der Waals surface area contributed by atoms with Gasteiger partial charge >= 0.3 is 0 Å². The van der Waals surface area contributed by atoms with Gasteiger partial charge in [-0.15, -0.1) is 0 Å². The minimum atomic E-state index is -2.26. The molecule has 0 spiro atoms. The Morgan fingerprint density at radius 1 is 1.05 bits per heavy atom. The van der Waals surface area contributed by atoms with Crippen molar-refractivity contribution in [2.45, 2.75) is 13.8 Å². The molecule has 0 radical (unpaired) electrons. The summed E-state index contributed by atoms with van der Waals surface area (Å²) in [5.74, 6) is 0. The summed E-state index contributed by atoms with van der Waals surface area (Å²) in [5.41, 5.74) is 0.923. The van der Waals surface area contributed by atoms with Crippen molar-refractivity contribution in [1.29, 1.82) is 0 Å². The van der Waals surface area contributed by atoms with E-state index in [1.807, 2.05) is 59.2 Å². The van der Waals surface area contributed by atoms with Crippen LogP contribution in [-0.4, -0.2) is 22.1 Å². The largest absolute Gasteiger partial charge is 0.297 e. The molecule has 0 aliphatic carbocycles. The van der Waals surface area contributed by atoms with Gasteiger partial charge in [0, 0.05) is 25.5 Å². The molecule has 1 aromatic carbocycles. The molecule has 1 heterocycles. The molecule has 2 rings (SSSR count). The van der Waals surface area contributed by atoms with Gasteiger partial charge in [0.05, 0.1) is 5.69 Å². The van der Waals surface area contributed by atoms with Crippen molar-refractivity contribution < 1.29 is 0 Å². The monoisotopic (exact) mass is 295 g/mol. The Morgan fingerprint density at radius 2 is 1.63 bits per heavy atom. The Bertz CT molecular complexity index is 547. The van der Waals surface area contributed by atoms with Crippen molar-refractivity contribution in [3.63, 3.8) is 0 Å². The second-order valence-electron chi connectivity index (χ2n) is 4.13.